The quantitative estimate of drug-likeness (QED) is 0.882. The van der Waals surface area contributed by atoms with E-state index in [-0.39, 0.29) is 0 Å². The zero-order valence-corrected chi connectivity index (χ0v) is 12.4. The van der Waals surface area contributed by atoms with Gasteiger partial charge >= 0.3 is 0 Å². The van der Waals surface area contributed by atoms with Gasteiger partial charge < -0.3 is 15.0 Å². The van der Waals surface area contributed by atoms with E-state index in [1.807, 2.05) is 12.1 Å². The summed E-state index contributed by atoms with van der Waals surface area (Å²) in [5.41, 5.74) is 1.71. The molecule has 2 rings (SSSR count). The van der Waals surface area contributed by atoms with Crippen LogP contribution < -0.4 is 10.1 Å². The fraction of sp³-hybridized carbons (Fsp3) is 0.625. The Morgan fingerprint density at radius 2 is 1.95 bits per heavy atom. The van der Waals surface area contributed by atoms with Crippen LogP contribution in [-0.2, 0) is 6.54 Å². The Morgan fingerprint density at radius 3 is 2.63 bits per heavy atom. The van der Waals surface area contributed by atoms with E-state index in [9.17, 15) is 0 Å². The first-order valence-electron chi connectivity index (χ1n) is 7.14. The highest BCUT2D eigenvalue weighted by Crippen LogP contribution is 2.29. The second-order valence-electron chi connectivity index (χ2n) is 6.04. The number of para-hydroxylation sites is 1. The highest BCUT2D eigenvalue weighted by molar-refractivity contribution is 5.33. The molecule has 0 aromatic heterocycles. The summed E-state index contributed by atoms with van der Waals surface area (Å²) in [4.78, 5) is 2.42. The van der Waals surface area contributed by atoms with Gasteiger partial charge in [0.15, 0.2) is 0 Å². The average molecular weight is 262 g/mol. The first kappa shape index (κ1) is 14.4. The van der Waals surface area contributed by atoms with Crippen molar-refractivity contribution in [1.29, 1.82) is 0 Å². The fourth-order valence-electron chi connectivity index (χ4n) is 3.02. The summed E-state index contributed by atoms with van der Waals surface area (Å²) >= 11 is 0. The molecular formula is C16H26N2O. The normalized spacial score (nSPS) is 18.5. The molecule has 1 aliphatic rings. The molecule has 1 aromatic rings. The van der Waals surface area contributed by atoms with Gasteiger partial charge in [0.2, 0.25) is 0 Å². The molecule has 0 radical (unpaired) electrons. The van der Waals surface area contributed by atoms with E-state index in [4.69, 9.17) is 4.74 Å². The molecular weight excluding hydrogens is 236 g/mol. The van der Waals surface area contributed by atoms with Crippen LogP contribution in [0, 0.1) is 5.41 Å². The molecule has 1 fully saturated rings. The number of rotatable bonds is 5. The number of benzene rings is 1. The first-order valence-corrected chi connectivity index (χ1v) is 7.14. The lowest BCUT2D eigenvalue weighted by atomic mass is 9.80. The minimum absolute atomic E-state index is 0.446. The lowest BCUT2D eigenvalue weighted by Crippen LogP contribution is -2.41. The molecule has 1 aromatic carbocycles. The molecule has 1 saturated heterocycles. The zero-order valence-electron chi connectivity index (χ0n) is 12.4. The van der Waals surface area contributed by atoms with Crippen molar-refractivity contribution in [1.82, 2.24) is 10.2 Å². The summed E-state index contributed by atoms with van der Waals surface area (Å²) in [5.74, 6) is 0.991. The molecule has 1 aliphatic heterocycles. The molecule has 0 unspecified atom stereocenters. The van der Waals surface area contributed by atoms with E-state index in [2.05, 4.69) is 36.3 Å². The molecule has 0 saturated carbocycles. The van der Waals surface area contributed by atoms with Gasteiger partial charge in [0.1, 0.15) is 5.75 Å². The molecule has 3 heteroatoms. The minimum Gasteiger partial charge on any atom is -0.496 e. The van der Waals surface area contributed by atoms with Crippen molar-refractivity contribution in [2.45, 2.75) is 26.3 Å². The Labute approximate surface area is 116 Å². The van der Waals surface area contributed by atoms with Crippen LogP contribution in [0.4, 0.5) is 0 Å². The third-order valence-corrected chi connectivity index (χ3v) is 4.10. The van der Waals surface area contributed by atoms with Crippen LogP contribution >= 0.6 is 0 Å². The molecule has 0 bridgehead atoms. The van der Waals surface area contributed by atoms with Crippen molar-refractivity contribution in [2.24, 2.45) is 5.41 Å². The summed E-state index contributed by atoms with van der Waals surface area (Å²) in [5, 5.41) is 3.44. The van der Waals surface area contributed by atoms with Crippen LogP contribution in [0.5, 0.6) is 5.75 Å². The first-order chi connectivity index (χ1) is 9.13. The van der Waals surface area contributed by atoms with E-state index in [0.29, 0.717) is 5.41 Å². The van der Waals surface area contributed by atoms with Gasteiger partial charge in [-0.2, -0.15) is 0 Å². The summed E-state index contributed by atoms with van der Waals surface area (Å²) in [6.45, 7) is 6.81. The molecule has 1 heterocycles. The van der Waals surface area contributed by atoms with Gasteiger partial charge in [-0.15, -0.1) is 0 Å². The minimum atomic E-state index is 0.446. The monoisotopic (exact) mass is 262 g/mol. The van der Waals surface area contributed by atoms with E-state index >= 15 is 0 Å². The Hall–Kier alpha value is -1.06. The summed E-state index contributed by atoms with van der Waals surface area (Å²) in [6.07, 6.45) is 2.53. The van der Waals surface area contributed by atoms with Crippen LogP contribution in [0.25, 0.3) is 0 Å². The zero-order chi connectivity index (χ0) is 13.7. The molecule has 106 valence electrons. The van der Waals surface area contributed by atoms with E-state index in [1.165, 1.54) is 18.4 Å². The Kier molecular flexibility index (Phi) is 4.83. The molecule has 1 N–H and O–H groups in total. The number of hydrogen-bond acceptors (Lipinski definition) is 3. The highest BCUT2D eigenvalue weighted by Gasteiger charge is 2.28. The van der Waals surface area contributed by atoms with Crippen molar-refractivity contribution in [3.05, 3.63) is 29.8 Å². The maximum absolute atomic E-state index is 5.42. The van der Waals surface area contributed by atoms with Crippen LogP contribution in [0.3, 0.4) is 0 Å². The van der Waals surface area contributed by atoms with E-state index < -0.39 is 0 Å². The summed E-state index contributed by atoms with van der Waals surface area (Å²) in [7, 11) is 3.95. The molecule has 3 nitrogen and oxygen atoms in total. The van der Waals surface area contributed by atoms with Gasteiger partial charge in [-0.1, -0.05) is 25.1 Å². The number of ether oxygens (including phenoxy) is 1. The van der Waals surface area contributed by atoms with Gasteiger partial charge in [0, 0.05) is 18.7 Å². The Bertz CT molecular complexity index is 399. The van der Waals surface area contributed by atoms with Crippen molar-refractivity contribution in [2.75, 3.05) is 33.8 Å². The molecule has 0 aliphatic carbocycles. The number of nitrogens with zero attached hydrogens (tertiary/aromatic N) is 1. The van der Waals surface area contributed by atoms with Crippen LogP contribution in [0.2, 0.25) is 0 Å². The maximum atomic E-state index is 5.42. The predicted octanol–water partition coefficient (Wildman–Crippen LogP) is 2.52. The number of piperidine rings is 1. The van der Waals surface area contributed by atoms with Gasteiger partial charge in [0.05, 0.1) is 7.11 Å². The summed E-state index contributed by atoms with van der Waals surface area (Å²) < 4.78 is 5.42. The van der Waals surface area contributed by atoms with Gasteiger partial charge in [-0.05, 0) is 44.5 Å². The summed E-state index contributed by atoms with van der Waals surface area (Å²) in [6, 6.07) is 8.30. The molecule has 0 amide bonds. The molecule has 19 heavy (non-hydrogen) atoms. The van der Waals surface area contributed by atoms with Crippen LogP contribution in [0.1, 0.15) is 25.3 Å². The van der Waals surface area contributed by atoms with E-state index in [0.717, 1.165) is 31.9 Å². The Morgan fingerprint density at radius 1 is 1.26 bits per heavy atom. The maximum Gasteiger partial charge on any atom is 0.123 e. The second kappa shape index (κ2) is 6.40. The topological polar surface area (TPSA) is 24.5 Å². The standard InChI is InChI=1S/C16H26N2O/c1-16(8-10-17-11-9-16)13-18(2)12-14-6-4-5-7-15(14)19-3/h4-7,17H,8-13H2,1-3H3. The van der Waals surface area contributed by atoms with Crippen LogP contribution in [-0.4, -0.2) is 38.7 Å². The average Bonchev–Trinajstić information content (AvgIpc) is 2.39. The number of nitrogens with one attached hydrogen (secondary N) is 1. The fourth-order valence-corrected chi connectivity index (χ4v) is 3.02. The van der Waals surface area contributed by atoms with Crippen molar-refractivity contribution in [3.8, 4) is 5.75 Å². The lowest BCUT2D eigenvalue weighted by Gasteiger charge is -2.37. The molecule has 0 spiro atoms. The van der Waals surface area contributed by atoms with Gasteiger partial charge in [0.25, 0.3) is 0 Å². The number of hydrogen-bond donors (Lipinski definition) is 1. The van der Waals surface area contributed by atoms with Crippen LogP contribution in [0.15, 0.2) is 24.3 Å². The second-order valence-corrected chi connectivity index (χ2v) is 6.04. The molecule has 0 atom stereocenters. The largest absolute Gasteiger partial charge is 0.496 e. The van der Waals surface area contributed by atoms with Crippen molar-refractivity contribution >= 4 is 0 Å². The van der Waals surface area contributed by atoms with Crippen molar-refractivity contribution in [3.63, 3.8) is 0 Å². The SMILES string of the molecule is COc1ccccc1CN(C)CC1(C)CCNCC1. The van der Waals surface area contributed by atoms with Crippen molar-refractivity contribution < 1.29 is 4.74 Å². The third kappa shape index (κ3) is 3.95. The predicted molar refractivity (Wildman–Crippen MR) is 79.5 cm³/mol. The lowest BCUT2D eigenvalue weighted by molar-refractivity contribution is 0.142. The smallest absolute Gasteiger partial charge is 0.123 e. The number of methoxy groups -OCH3 is 1. The Balaban J connectivity index is 1.95. The highest BCUT2D eigenvalue weighted by atomic mass is 16.5. The van der Waals surface area contributed by atoms with Gasteiger partial charge in [-0.25, -0.2) is 0 Å². The van der Waals surface area contributed by atoms with Gasteiger partial charge in [-0.3, -0.25) is 0 Å². The van der Waals surface area contributed by atoms with E-state index in [1.54, 1.807) is 7.11 Å². The third-order valence-electron chi connectivity index (χ3n) is 4.10.